The summed E-state index contributed by atoms with van der Waals surface area (Å²) >= 11 is 0. The maximum Gasteiger partial charge on any atom is 0.134 e. The fourth-order valence-corrected chi connectivity index (χ4v) is 5.53. The Hall–Kier alpha value is -3.26. The number of aryl methyl sites for hydroxylation is 2. The molecular weight excluding hydrogens is 416 g/mol. The van der Waals surface area contributed by atoms with Crippen molar-refractivity contribution in [2.45, 2.75) is 65.2 Å². The number of fused-ring (bicyclic) bond motifs is 9. The topological polar surface area (TPSA) is 26.3 Å². The fourth-order valence-electron chi connectivity index (χ4n) is 5.53. The summed E-state index contributed by atoms with van der Waals surface area (Å²) in [5, 5.41) is 10.2. The lowest BCUT2D eigenvalue weighted by Crippen LogP contribution is -1.82. The van der Waals surface area contributed by atoms with E-state index in [2.05, 4.69) is 74.5 Å². The van der Waals surface area contributed by atoms with Crippen LogP contribution in [0.5, 0.6) is 0 Å². The Morgan fingerprint density at radius 3 is 1.18 bits per heavy atom. The van der Waals surface area contributed by atoms with Crippen LogP contribution in [0, 0.1) is 0 Å². The molecule has 0 aliphatic rings. The molecule has 2 heteroatoms. The molecule has 2 aromatic heterocycles. The number of hydrogen-bond acceptors (Lipinski definition) is 2. The lowest BCUT2D eigenvalue weighted by atomic mass is 9.94. The maximum absolute atomic E-state index is 6.18. The maximum atomic E-state index is 6.18. The van der Waals surface area contributed by atoms with Crippen LogP contribution in [0.2, 0.25) is 0 Å². The first-order valence-electron chi connectivity index (χ1n) is 13.0. The van der Waals surface area contributed by atoms with E-state index >= 15 is 0 Å². The molecule has 0 spiro atoms. The SMILES string of the molecule is CCCCCc1cc2c(ccc3c2ccc2c4ccc5oc(CCCCC)cc5c4ccc32)o1. The first-order chi connectivity index (χ1) is 16.8. The lowest BCUT2D eigenvalue weighted by Gasteiger charge is -2.08. The van der Waals surface area contributed by atoms with Gasteiger partial charge < -0.3 is 8.83 Å². The summed E-state index contributed by atoms with van der Waals surface area (Å²) in [5.74, 6) is 2.21. The molecule has 0 bridgehead atoms. The van der Waals surface area contributed by atoms with Crippen molar-refractivity contribution in [1.29, 1.82) is 0 Å². The van der Waals surface area contributed by atoms with E-state index in [1.165, 1.54) is 81.6 Å². The largest absolute Gasteiger partial charge is 0.461 e. The molecule has 0 N–H and O–H groups in total. The quantitative estimate of drug-likeness (QED) is 0.171. The van der Waals surface area contributed by atoms with E-state index in [1.54, 1.807) is 0 Å². The molecule has 34 heavy (non-hydrogen) atoms. The lowest BCUT2D eigenvalue weighted by molar-refractivity contribution is 0.531. The van der Waals surface area contributed by atoms with Gasteiger partial charge in [0.05, 0.1) is 0 Å². The molecule has 0 atom stereocenters. The summed E-state index contributed by atoms with van der Waals surface area (Å²) in [6, 6.07) is 22.4. The first-order valence-corrected chi connectivity index (χ1v) is 13.0. The zero-order chi connectivity index (χ0) is 23.1. The molecule has 0 unspecified atom stereocenters. The van der Waals surface area contributed by atoms with Crippen molar-refractivity contribution >= 4 is 54.3 Å². The van der Waals surface area contributed by atoms with Crippen LogP contribution in [0.1, 0.15) is 63.9 Å². The molecule has 0 aliphatic carbocycles. The minimum atomic E-state index is 0.995. The fraction of sp³-hybridized carbons (Fsp3) is 0.312. The van der Waals surface area contributed by atoms with Crippen LogP contribution in [-0.2, 0) is 12.8 Å². The van der Waals surface area contributed by atoms with Gasteiger partial charge in [-0.25, -0.2) is 0 Å². The van der Waals surface area contributed by atoms with Crippen molar-refractivity contribution in [1.82, 2.24) is 0 Å². The Morgan fingerprint density at radius 1 is 0.441 bits per heavy atom. The van der Waals surface area contributed by atoms with E-state index in [1.807, 2.05) is 0 Å². The number of furan rings is 2. The van der Waals surface area contributed by atoms with Gasteiger partial charge in [-0.2, -0.15) is 0 Å². The molecule has 0 fully saturated rings. The van der Waals surface area contributed by atoms with E-state index in [-0.39, 0.29) is 0 Å². The zero-order valence-corrected chi connectivity index (χ0v) is 20.2. The molecule has 0 amide bonds. The van der Waals surface area contributed by atoms with Gasteiger partial charge in [0.2, 0.25) is 0 Å². The molecule has 6 rings (SSSR count). The van der Waals surface area contributed by atoms with E-state index in [0.717, 1.165) is 35.5 Å². The highest BCUT2D eigenvalue weighted by molar-refractivity contribution is 6.24. The molecule has 0 saturated carbocycles. The second-order valence-electron chi connectivity index (χ2n) is 9.71. The second-order valence-corrected chi connectivity index (χ2v) is 9.71. The second kappa shape index (κ2) is 8.83. The average molecular weight is 449 g/mol. The monoisotopic (exact) mass is 448 g/mol. The van der Waals surface area contributed by atoms with Gasteiger partial charge in [-0.3, -0.25) is 0 Å². The van der Waals surface area contributed by atoms with Crippen molar-refractivity contribution in [3.05, 3.63) is 72.2 Å². The van der Waals surface area contributed by atoms with Crippen molar-refractivity contribution in [3.8, 4) is 0 Å². The van der Waals surface area contributed by atoms with Gasteiger partial charge in [-0.15, -0.1) is 0 Å². The normalized spacial score (nSPS) is 12.2. The molecule has 2 heterocycles. The van der Waals surface area contributed by atoms with Gasteiger partial charge in [0, 0.05) is 23.6 Å². The van der Waals surface area contributed by atoms with Gasteiger partial charge >= 0.3 is 0 Å². The molecule has 0 radical (unpaired) electrons. The molecule has 0 saturated heterocycles. The summed E-state index contributed by atoms with van der Waals surface area (Å²) in [7, 11) is 0. The van der Waals surface area contributed by atoms with E-state index < -0.39 is 0 Å². The summed E-state index contributed by atoms with van der Waals surface area (Å²) in [5.41, 5.74) is 1.99. The summed E-state index contributed by atoms with van der Waals surface area (Å²) in [6.07, 6.45) is 9.37. The molecular formula is C32H32O2. The number of unbranched alkanes of at least 4 members (excludes halogenated alkanes) is 4. The van der Waals surface area contributed by atoms with Crippen molar-refractivity contribution in [2.24, 2.45) is 0 Å². The average Bonchev–Trinajstić information content (AvgIpc) is 3.47. The van der Waals surface area contributed by atoms with Crippen LogP contribution in [-0.4, -0.2) is 0 Å². The van der Waals surface area contributed by atoms with Crippen LogP contribution in [0.3, 0.4) is 0 Å². The Kier molecular flexibility index (Phi) is 5.53. The van der Waals surface area contributed by atoms with Gasteiger partial charge in [-0.05, 0) is 69.4 Å². The summed E-state index contributed by atoms with van der Waals surface area (Å²) in [6.45, 7) is 4.48. The van der Waals surface area contributed by atoms with E-state index in [9.17, 15) is 0 Å². The number of rotatable bonds is 8. The third kappa shape index (κ3) is 3.57. The smallest absolute Gasteiger partial charge is 0.134 e. The third-order valence-corrected chi connectivity index (χ3v) is 7.34. The van der Waals surface area contributed by atoms with Crippen LogP contribution in [0.4, 0.5) is 0 Å². The highest BCUT2D eigenvalue weighted by Crippen LogP contribution is 2.38. The Labute approximate surface area is 200 Å². The van der Waals surface area contributed by atoms with Crippen molar-refractivity contribution in [3.63, 3.8) is 0 Å². The van der Waals surface area contributed by atoms with Gasteiger partial charge in [-0.1, -0.05) is 75.9 Å². The summed E-state index contributed by atoms with van der Waals surface area (Å²) < 4.78 is 12.4. The Morgan fingerprint density at radius 2 is 0.794 bits per heavy atom. The molecule has 4 aromatic carbocycles. The zero-order valence-electron chi connectivity index (χ0n) is 20.2. The van der Waals surface area contributed by atoms with Crippen LogP contribution >= 0.6 is 0 Å². The van der Waals surface area contributed by atoms with Gasteiger partial charge in [0.15, 0.2) is 0 Å². The van der Waals surface area contributed by atoms with Crippen LogP contribution in [0.25, 0.3) is 54.3 Å². The van der Waals surface area contributed by atoms with Gasteiger partial charge in [0.1, 0.15) is 22.7 Å². The molecule has 2 nitrogen and oxygen atoms in total. The molecule has 6 aromatic rings. The van der Waals surface area contributed by atoms with Crippen molar-refractivity contribution in [2.75, 3.05) is 0 Å². The van der Waals surface area contributed by atoms with E-state index in [0.29, 0.717) is 0 Å². The van der Waals surface area contributed by atoms with Crippen molar-refractivity contribution < 1.29 is 8.83 Å². The molecule has 172 valence electrons. The van der Waals surface area contributed by atoms with Crippen LogP contribution in [0.15, 0.2) is 69.5 Å². The third-order valence-electron chi connectivity index (χ3n) is 7.34. The number of benzene rings is 4. The highest BCUT2D eigenvalue weighted by atomic mass is 16.3. The minimum Gasteiger partial charge on any atom is -0.461 e. The standard InChI is InChI=1S/C32H32O2/c1-3-5-7-9-21-19-29-27-13-11-24-23(25(27)15-17-31(29)33-21)12-14-28-26(24)16-18-32-30(28)20-22(34-32)10-8-6-4-2/h11-20H,3-10H2,1-2H3. The van der Waals surface area contributed by atoms with Crippen LogP contribution < -0.4 is 0 Å². The summed E-state index contributed by atoms with van der Waals surface area (Å²) in [4.78, 5) is 0. The first kappa shape index (κ1) is 21.3. The Balaban J connectivity index is 1.47. The Bertz CT molecular complexity index is 1510. The number of hydrogen-bond donors (Lipinski definition) is 0. The predicted molar refractivity (Wildman–Crippen MR) is 145 cm³/mol. The van der Waals surface area contributed by atoms with Gasteiger partial charge in [0.25, 0.3) is 0 Å². The minimum absolute atomic E-state index is 0.995. The molecule has 0 aliphatic heterocycles. The van der Waals surface area contributed by atoms with E-state index in [4.69, 9.17) is 8.83 Å². The highest BCUT2D eigenvalue weighted by Gasteiger charge is 2.13. The predicted octanol–water partition coefficient (Wildman–Crippen LogP) is 10.1.